The topological polar surface area (TPSA) is 17.1 Å². The number of hydrogen-bond acceptors (Lipinski definition) is 1. The highest BCUT2D eigenvalue weighted by atomic mass is 16.1. The SMILES string of the molecule is Cc1cc(C=O)c2c(c1)C(C)(C)CCC2(C)C. The smallest absolute Gasteiger partial charge is 0.150 e. The lowest BCUT2D eigenvalue weighted by Gasteiger charge is -2.42. The van der Waals surface area contributed by atoms with Crippen molar-refractivity contribution < 1.29 is 4.79 Å². The Hall–Kier alpha value is -1.11. The number of aldehydes is 1. The second kappa shape index (κ2) is 3.69. The summed E-state index contributed by atoms with van der Waals surface area (Å²) in [5.41, 5.74) is 5.03. The molecule has 0 aliphatic heterocycles. The second-order valence-corrected chi connectivity index (χ2v) is 6.66. The van der Waals surface area contributed by atoms with Crippen LogP contribution >= 0.6 is 0 Å². The maximum absolute atomic E-state index is 11.3. The minimum atomic E-state index is 0.120. The van der Waals surface area contributed by atoms with Crippen LogP contribution in [-0.4, -0.2) is 6.29 Å². The van der Waals surface area contributed by atoms with E-state index in [2.05, 4.69) is 40.7 Å². The average Bonchev–Trinajstić information content (AvgIpc) is 2.23. The van der Waals surface area contributed by atoms with Crippen LogP contribution in [0.5, 0.6) is 0 Å². The van der Waals surface area contributed by atoms with Crippen LogP contribution in [0.2, 0.25) is 0 Å². The first kappa shape index (κ1) is 12.3. The third kappa shape index (κ3) is 1.92. The Morgan fingerprint density at radius 1 is 1.06 bits per heavy atom. The zero-order valence-corrected chi connectivity index (χ0v) is 11.6. The van der Waals surface area contributed by atoms with E-state index in [9.17, 15) is 4.79 Å². The van der Waals surface area contributed by atoms with Crippen LogP contribution < -0.4 is 0 Å². The number of hydrogen-bond donors (Lipinski definition) is 0. The number of rotatable bonds is 1. The molecule has 1 nitrogen and oxygen atoms in total. The molecule has 0 N–H and O–H groups in total. The Morgan fingerprint density at radius 3 is 2.24 bits per heavy atom. The molecular weight excluding hydrogens is 208 g/mol. The van der Waals surface area contributed by atoms with Gasteiger partial charge in [-0.15, -0.1) is 0 Å². The molecule has 0 saturated carbocycles. The molecule has 0 radical (unpaired) electrons. The van der Waals surface area contributed by atoms with Gasteiger partial charge >= 0.3 is 0 Å². The highest BCUT2D eigenvalue weighted by molar-refractivity contribution is 5.80. The molecule has 0 heterocycles. The lowest BCUT2D eigenvalue weighted by Crippen LogP contribution is -2.35. The van der Waals surface area contributed by atoms with Crippen molar-refractivity contribution in [2.45, 2.75) is 58.3 Å². The predicted molar refractivity (Wildman–Crippen MR) is 71.9 cm³/mol. The van der Waals surface area contributed by atoms with E-state index in [1.807, 2.05) is 6.07 Å². The van der Waals surface area contributed by atoms with E-state index in [4.69, 9.17) is 0 Å². The van der Waals surface area contributed by atoms with Crippen LogP contribution in [0.4, 0.5) is 0 Å². The fourth-order valence-corrected chi connectivity index (χ4v) is 3.08. The third-order valence-electron chi connectivity index (χ3n) is 4.22. The number of benzene rings is 1. The van der Waals surface area contributed by atoms with E-state index in [1.54, 1.807) is 0 Å². The molecule has 2 rings (SSSR count). The van der Waals surface area contributed by atoms with Crippen molar-refractivity contribution in [1.29, 1.82) is 0 Å². The molecule has 0 unspecified atom stereocenters. The summed E-state index contributed by atoms with van der Waals surface area (Å²) in [6, 6.07) is 4.29. The van der Waals surface area contributed by atoms with Crippen molar-refractivity contribution in [2.75, 3.05) is 0 Å². The first-order chi connectivity index (χ1) is 7.78. The van der Waals surface area contributed by atoms with Crippen LogP contribution in [-0.2, 0) is 10.8 Å². The Bertz CT molecular complexity index is 467. The number of aryl methyl sites for hydroxylation is 1. The fraction of sp³-hybridized carbons (Fsp3) is 0.562. The quantitative estimate of drug-likeness (QED) is 0.662. The predicted octanol–water partition coefficient (Wildman–Crippen LogP) is 4.16. The zero-order chi connectivity index (χ0) is 12.8. The van der Waals surface area contributed by atoms with Crippen molar-refractivity contribution in [1.82, 2.24) is 0 Å². The number of carbonyl (C=O) groups excluding carboxylic acids is 1. The van der Waals surface area contributed by atoms with Gasteiger partial charge in [0.1, 0.15) is 6.29 Å². The van der Waals surface area contributed by atoms with Gasteiger partial charge < -0.3 is 0 Å². The summed E-state index contributed by atoms with van der Waals surface area (Å²) >= 11 is 0. The Balaban J connectivity index is 2.79. The van der Waals surface area contributed by atoms with Gasteiger partial charge in [0.05, 0.1) is 0 Å². The molecule has 17 heavy (non-hydrogen) atoms. The molecule has 1 aromatic carbocycles. The minimum Gasteiger partial charge on any atom is -0.298 e. The van der Waals surface area contributed by atoms with Crippen LogP contribution in [0.3, 0.4) is 0 Å². The monoisotopic (exact) mass is 230 g/mol. The summed E-state index contributed by atoms with van der Waals surface area (Å²) in [5.74, 6) is 0. The maximum Gasteiger partial charge on any atom is 0.150 e. The van der Waals surface area contributed by atoms with E-state index >= 15 is 0 Å². The molecule has 92 valence electrons. The van der Waals surface area contributed by atoms with Crippen LogP contribution in [0, 0.1) is 6.92 Å². The van der Waals surface area contributed by atoms with Crippen LogP contribution in [0.1, 0.15) is 67.6 Å². The molecule has 1 aliphatic carbocycles. The molecule has 0 fully saturated rings. The minimum absolute atomic E-state index is 0.120. The second-order valence-electron chi connectivity index (χ2n) is 6.66. The van der Waals surface area contributed by atoms with E-state index < -0.39 is 0 Å². The summed E-state index contributed by atoms with van der Waals surface area (Å²) in [5, 5.41) is 0. The van der Waals surface area contributed by atoms with Gasteiger partial charge in [-0.25, -0.2) is 0 Å². The molecular formula is C16H22O. The van der Waals surface area contributed by atoms with E-state index in [0.29, 0.717) is 0 Å². The maximum atomic E-state index is 11.3. The summed E-state index contributed by atoms with van der Waals surface area (Å²) < 4.78 is 0. The van der Waals surface area contributed by atoms with Crippen molar-refractivity contribution in [2.24, 2.45) is 0 Å². The first-order valence-corrected chi connectivity index (χ1v) is 6.39. The standard InChI is InChI=1S/C16H22O/c1-11-8-12(10-17)14-13(9-11)15(2,3)6-7-16(14,4)5/h8-10H,6-7H2,1-5H3. The molecule has 1 heteroatoms. The molecule has 0 atom stereocenters. The van der Waals surface area contributed by atoms with Gasteiger partial charge in [-0.1, -0.05) is 39.3 Å². The van der Waals surface area contributed by atoms with Crippen molar-refractivity contribution >= 4 is 6.29 Å². The van der Waals surface area contributed by atoms with Gasteiger partial charge in [0, 0.05) is 5.56 Å². The normalized spacial score (nSPS) is 20.8. The van der Waals surface area contributed by atoms with Crippen molar-refractivity contribution in [3.63, 3.8) is 0 Å². The van der Waals surface area contributed by atoms with Gasteiger partial charge in [-0.2, -0.15) is 0 Å². The summed E-state index contributed by atoms with van der Waals surface area (Å²) in [7, 11) is 0. The van der Waals surface area contributed by atoms with Gasteiger partial charge in [-0.3, -0.25) is 4.79 Å². The summed E-state index contributed by atoms with van der Waals surface area (Å²) in [4.78, 5) is 11.3. The van der Waals surface area contributed by atoms with E-state index in [0.717, 1.165) is 18.3 Å². The van der Waals surface area contributed by atoms with Crippen LogP contribution in [0.25, 0.3) is 0 Å². The molecule has 0 aromatic heterocycles. The van der Waals surface area contributed by atoms with E-state index in [-0.39, 0.29) is 10.8 Å². The Kier molecular flexibility index (Phi) is 2.68. The van der Waals surface area contributed by atoms with Crippen LogP contribution in [0.15, 0.2) is 12.1 Å². The molecule has 0 amide bonds. The molecule has 0 spiro atoms. The van der Waals surface area contributed by atoms with Crippen molar-refractivity contribution in [3.05, 3.63) is 34.4 Å². The molecule has 0 saturated heterocycles. The third-order valence-corrected chi connectivity index (χ3v) is 4.22. The average molecular weight is 230 g/mol. The van der Waals surface area contributed by atoms with Gasteiger partial charge in [-0.05, 0) is 47.8 Å². The lowest BCUT2D eigenvalue weighted by molar-refractivity contribution is 0.112. The summed E-state index contributed by atoms with van der Waals surface area (Å²) in [6.45, 7) is 11.2. The molecule has 1 aromatic rings. The highest BCUT2D eigenvalue weighted by Crippen LogP contribution is 2.47. The number of carbonyl (C=O) groups is 1. The fourth-order valence-electron chi connectivity index (χ4n) is 3.08. The molecule has 1 aliphatic rings. The van der Waals surface area contributed by atoms with Gasteiger partial charge in [0.2, 0.25) is 0 Å². The number of fused-ring (bicyclic) bond motifs is 1. The Morgan fingerprint density at radius 2 is 1.65 bits per heavy atom. The van der Waals surface area contributed by atoms with E-state index in [1.165, 1.54) is 23.1 Å². The van der Waals surface area contributed by atoms with Gasteiger partial charge in [0.15, 0.2) is 0 Å². The summed E-state index contributed by atoms with van der Waals surface area (Å²) in [6.07, 6.45) is 3.36. The van der Waals surface area contributed by atoms with Crippen molar-refractivity contribution in [3.8, 4) is 0 Å². The highest BCUT2D eigenvalue weighted by Gasteiger charge is 2.38. The first-order valence-electron chi connectivity index (χ1n) is 6.39. The Labute approximate surface area is 104 Å². The van der Waals surface area contributed by atoms with Gasteiger partial charge in [0.25, 0.3) is 0 Å². The largest absolute Gasteiger partial charge is 0.298 e. The lowest BCUT2D eigenvalue weighted by atomic mass is 9.62. The molecule has 0 bridgehead atoms. The zero-order valence-electron chi connectivity index (χ0n) is 11.6.